The van der Waals surface area contributed by atoms with Gasteiger partial charge in [0.05, 0.1) is 19.1 Å². The summed E-state index contributed by atoms with van der Waals surface area (Å²) < 4.78 is 1.20. The Labute approximate surface area is 154 Å². The van der Waals surface area contributed by atoms with Gasteiger partial charge in [0.15, 0.2) is 0 Å². The molecule has 26 heavy (non-hydrogen) atoms. The maximum Gasteiger partial charge on any atom is 0.317 e. The molecule has 4 rings (SSSR count). The summed E-state index contributed by atoms with van der Waals surface area (Å²) in [5.41, 5.74) is 0. The van der Waals surface area contributed by atoms with Crippen molar-refractivity contribution in [2.24, 2.45) is 0 Å². The monoisotopic (exact) mass is 372 g/mol. The number of nitrogens with one attached hydrogen (secondary N) is 2. The van der Waals surface area contributed by atoms with Crippen molar-refractivity contribution in [3.8, 4) is 0 Å². The highest BCUT2D eigenvalue weighted by Gasteiger charge is 2.42. The fourth-order valence-electron chi connectivity index (χ4n) is 3.55. The topological polar surface area (TPSA) is 81.8 Å². The summed E-state index contributed by atoms with van der Waals surface area (Å²) in [6, 6.07) is 9.38. The van der Waals surface area contributed by atoms with Crippen molar-refractivity contribution in [2.75, 3.05) is 20.1 Å². The Hall–Kier alpha value is -2.61. The maximum absolute atomic E-state index is 12.5. The molecule has 2 aliphatic heterocycles. The average molecular weight is 372 g/mol. The molecule has 0 saturated carbocycles. The Morgan fingerprint density at radius 2 is 2.19 bits per heavy atom. The summed E-state index contributed by atoms with van der Waals surface area (Å²) in [6.07, 6.45) is 0.458. The number of urea groups is 1. The van der Waals surface area contributed by atoms with E-state index in [4.69, 9.17) is 0 Å². The SMILES string of the molecule is CN(Cc1cc2ccccc2s1)C(=O)N[C@@H]1C[C@H]2C(=O)NCC(=O)N2C1. The first-order chi connectivity index (χ1) is 12.5. The average Bonchev–Trinajstić information content (AvgIpc) is 3.22. The van der Waals surface area contributed by atoms with E-state index in [1.807, 2.05) is 12.1 Å². The van der Waals surface area contributed by atoms with Crippen LogP contribution in [-0.4, -0.2) is 59.9 Å². The van der Waals surface area contributed by atoms with Crippen LogP contribution in [0.4, 0.5) is 4.79 Å². The van der Waals surface area contributed by atoms with Gasteiger partial charge in [-0.1, -0.05) is 18.2 Å². The van der Waals surface area contributed by atoms with Gasteiger partial charge in [0.25, 0.3) is 0 Å². The minimum absolute atomic E-state index is 0.0435. The Kier molecular flexibility index (Phi) is 4.28. The minimum Gasteiger partial charge on any atom is -0.345 e. The Balaban J connectivity index is 1.37. The number of thiophene rings is 1. The number of carbonyl (C=O) groups is 3. The molecule has 0 aliphatic carbocycles. The third-order valence-corrected chi connectivity index (χ3v) is 5.98. The van der Waals surface area contributed by atoms with E-state index >= 15 is 0 Å². The van der Waals surface area contributed by atoms with Crippen LogP contribution < -0.4 is 10.6 Å². The van der Waals surface area contributed by atoms with Gasteiger partial charge in [0, 0.05) is 23.2 Å². The number of amides is 4. The van der Waals surface area contributed by atoms with Gasteiger partial charge in [0.2, 0.25) is 11.8 Å². The van der Waals surface area contributed by atoms with Gasteiger partial charge in [-0.3, -0.25) is 9.59 Å². The fourth-order valence-corrected chi connectivity index (χ4v) is 4.67. The van der Waals surface area contributed by atoms with E-state index in [0.29, 0.717) is 19.5 Å². The number of hydrogen-bond acceptors (Lipinski definition) is 4. The lowest BCUT2D eigenvalue weighted by atomic mass is 10.1. The molecular weight excluding hydrogens is 352 g/mol. The number of piperazine rings is 1. The molecule has 2 aliphatic rings. The molecule has 2 aromatic rings. The van der Waals surface area contributed by atoms with Gasteiger partial charge in [-0.2, -0.15) is 0 Å². The number of rotatable bonds is 3. The van der Waals surface area contributed by atoms with Gasteiger partial charge in [-0.25, -0.2) is 4.79 Å². The molecule has 0 bridgehead atoms. The van der Waals surface area contributed by atoms with Crippen molar-refractivity contribution >= 4 is 39.3 Å². The van der Waals surface area contributed by atoms with Gasteiger partial charge < -0.3 is 20.4 Å². The molecule has 0 spiro atoms. The molecule has 8 heteroatoms. The van der Waals surface area contributed by atoms with Crippen molar-refractivity contribution in [2.45, 2.75) is 25.0 Å². The molecule has 2 saturated heterocycles. The lowest BCUT2D eigenvalue weighted by Gasteiger charge is -2.28. The summed E-state index contributed by atoms with van der Waals surface area (Å²) in [5.74, 6) is -0.232. The van der Waals surface area contributed by atoms with E-state index in [2.05, 4.69) is 28.8 Å². The number of carbonyl (C=O) groups excluding carboxylic acids is 3. The molecule has 2 fully saturated rings. The van der Waals surface area contributed by atoms with E-state index in [-0.39, 0.29) is 30.4 Å². The molecule has 136 valence electrons. The molecule has 3 heterocycles. The molecule has 7 nitrogen and oxygen atoms in total. The zero-order valence-electron chi connectivity index (χ0n) is 14.4. The molecule has 2 N–H and O–H groups in total. The number of hydrogen-bond donors (Lipinski definition) is 2. The highest BCUT2D eigenvalue weighted by Crippen LogP contribution is 2.26. The number of nitrogens with zero attached hydrogens (tertiary/aromatic N) is 2. The van der Waals surface area contributed by atoms with Crippen LogP contribution in [0.3, 0.4) is 0 Å². The van der Waals surface area contributed by atoms with Crippen molar-refractivity contribution in [1.82, 2.24) is 20.4 Å². The second-order valence-electron chi connectivity index (χ2n) is 6.77. The zero-order chi connectivity index (χ0) is 18.3. The fraction of sp³-hybridized carbons (Fsp3) is 0.389. The molecule has 0 unspecified atom stereocenters. The van der Waals surface area contributed by atoms with Crippen molar-refractivity contribution in [3.63, 3.8) is 0 Å². The van der Waals surface area contributed by atoms with Crippen LogP contribution in [0.5, 0.6) is 0 Å². The van der Waals surface area contributed by atoms with Crippen LogP contribution in [0, 0.1) is 0 Å². The third-order valence-electron chi connectivity index (χ3n) is 4.88. The van der Waals surface area contributed by atoms with Gasteiger partial charge in [-0.15, -0.1) is 11.3 Å². The van der Waals surface area contributed by atoms with Crippen LogP contribution >= 0.6 is 11.3 Å². The summed E-state index contributed by atoms with van der Waals surface area (Å²) in [7, 11) is 1.75. The Bertz CT molecular complexity index is 823. The van der Waals surface area contributed by atoms with Crippen LogP contribution in [-0.2, 0) is 16.1 Å². The highest BCUT2D eigenvalue weighted by molar-refractivity contribution is 7.19. The largest absolute Gasteiger partial charge is 0.345 e. The van der Waals surface area contributed by atoms with Crippen LogP contribution in [0.25, 0.3) is 10.1 Å². The first kappa shape index (κ1) is 16.8. The van der Waals surface area contributed by atoms with Crippen LogP contribution in [0.15, 0.2) is 30.3 Å². The maximum atomic E-state index is 12.5. The summed E-state index contributed by atoms with van der Waals surface area (Å²) in [4.78, 5) is 40.6. The Morgan fingerprint density at radius 1 is 1.38 bits per heavy atom. The normalized spacial score (nSPS) is 22.3. The molecule has 0 radical (unpaired) electrons. The van der Waals surface area contributed by atoms with E-state index in [9.17, 15) is 14.4 Å². The molecule has 1 aromatic heterocycles. The second-order valence-corrected chi connectivity index (χ2v) is 7.94. The highest BCUT2D eigenvalue weighted by atomic mass is 32.1. The van der Waals surface area contributed by atoms with Crippen LogP contribution in [0.2, 0.25) is 0 Å². The molecule has 2 atom stereocenters. The summed E-state index contributed by atoms with van der Waals surface area (Å²) >= 11 is 1.68. The number of benzene rings is 1. The van der Waals surface area contributed by atoms with E-state index in [1.165, 1.54) is 10.1 Å². The van der Waals surface area contributed by atoms with Gasteiger partial charge in [-0.05, 0) is 23.9 Å². The van der Waals surface area contributed by atoms with Crippen molar-refractivity contribution in [1.29, 1.82) is 0 Å². The first-order valence-electron chi connectivity index (χ1n) is 8.57. The van der Waals surface area contributed by atoms with E-state index < -0.39 is 6.04 Å². The summed E-state index contributed by atoms with van der Waals surface area (Å²) in [5, 5.41) is 6.72. The van der Waals surface area contributed by atoms with Crippen molar-refractivity contribution in [3.05, 3.63) is 35.2 Å². The van der Waals surface area contributed by atoms with Crippen LogP contribution in [0.1, 0.15) is 11.3 Å². The number of fused-ring (bicyclic) bond motifs is 2. The smallest absolute Gasteiger partial charge is 0.317 e. The van der Waals surface area contributed by atoms with E-state index in [0.717, 1.165) is 4.88 Å². The predicted molar refractivity (Wildman–Crippen MR) is 98.7 cm³/mol. The molecule has 4 amide bonds. The predicted octanol–water partition coefficient (Wildman–Crippen LogP) is 1.14. The standard InChI is InChI=1S/C18H20N4O3S/c1-21(10-13-6-11-4-2-3-5-15(11)26-13)18(25)20-12-7-14-17(24)19-8-16(23)22(14)9-12/h2-6,12,14H,7-10H2,1H3,(H,19,24)(H,20,25)/t12-,14+/m1/s1. The van der Waals surface area contributed by atoms with Gasteiger partial charge in [0.1, 0.15) is 6.04 Å². The molecule has 1 aromatic carbocycles. The summed E-state index contributed by atoms with van der Waals surface area (Å²) in [6.45, 7) is 0.950. The van der Waals surface area contributed by atoms with Gasteiger partial charge >= 0.3 is 6.03 Å². The van der Waals surface area contributed by atoms with Crippen molar-refractivity contribution < 1.29 is 14.4 Å². The lowest BCUT2D eigenvalue weighted by Crippen LogP contribution is -2.55. The molecular formula is C18H20N4O3S. The lowest BCUT2D eigenvalue weighted by molar-refractivity contribution is -0.143. The quantitative estimate of drug-likeness (QED) is 0.848. The minimum atomic E-state index is -0.463. The second kappa shape index (κ2) is 6.60. The third kappa shape index (κ3) is 3.12. The Morgan fingerprint density at radius 3 is 2.96 bits per heavy atom. The first-order valence-corrected chi connectivity index (χ1v) is 9.39. The van der Waals surface area contributed by atoms with E-state index in [1.54, 1.807) is 28.2 Å². The zero-order valence-corrected chi connectivity index (χ0v) is 15.2.